The van der Waals surface area contributed by atoms with E-state index in [9.17, 15) is 0 Å². The Labute approximate surface area is 275 Å². The molecule has 0 aliphatic carbocycles. The number of imidazole rings is 2. The van der Waals surface area contributed by atoms with E-state index in [1.54, 1.807) is 13.1 Å². The van der Waals surface area contributed by atoms with Crippen LogP contribution in [-0.2, 0) is 34.2 Å². The maximum Gasteiger partial charge on any atom is 0.242 e. The van der Waals surface area contributed by atoms with Gasteiger partial charge in [0.1, 0.15) is 0 Å². The van der Waals surface area contributed by atoms with E-state index in [1.807, 2.05) is 123 Å². The quantitative estimate of drug-likeness (QED) is 0.190. The van der Waals surface area contributed by atoms with Gasteiger partial charge in [-0.1, -0.05) is 66.0 Å². The van der Waals surface area contributed by atoms with Crippen molar-refractivity contribution in [3.63, 3.8) is 0 Å². The zero-order chi connectivity index (χ0) is 30.3. The maximum absolute atomic E-state index is 4.10. The molecule has 8 aromatic rings. The third kappa shape index (κ3) is 7.12. The fraction of sp³-hybridized carbons (Fsp3) is 0.0833. The predicted molar refractivity (Wildman–Crippen MR) is 168 cm³/mol. The van der Waals surface area contributed by atoms with E-state index >= 15 is 0 Å². The van der Waals surface area contributed by atoms with Gasteiger partial charge in [-0.2, -0.15) is 60.7 Å². The van der Waals surface area contributed by atoms with Gasteiger partial charge in [0.05, 0.1) is 41.9 Å². The summed E-state index contributed by atoms with van der Waals surface area (Å²) in [5.74, 6) is 1.27. The molecule has 0 saturated heterocycles. The SMILES string of the molecule is C[n+]1[c-]n(-c2[c-]cccc2)c2ccccc21.C[n+]1[c-]n(-c2[c-]cccc2)c2ccccc21.Cc1n[n-]c(-c2ccccn2)n1.[Ir]. The average Bonchev–Trinajstić information content (AvgIpc) is 3.78. The molecule has 0 aliphatic heterocycles. The first kappa shape index (κ1) is 31.2. The Hall–Kier alpha value is -5.24. The number of rotatable bonds is 3. The van der Waals surface area contributed by atoms with E-state index in [4.69, 9.17) is 0 Å². The third-order valence-electron chi connectivity index (χ3n) is 6.79. The van der Waals surface area contributed by atoms with Crippen molar-refractivity contribution in [1.29, 1.82) is 0 Å². The second-order valence-electron chi connectivity index (χ2n) is 9.86. The van der Waals surface area contributed by atoms with Crippen LogP contribution in [0.25, 0.3) is 45.0 Å². The molecule has 4 aromatic heterocycles. The first-order valence-electron chi connectivity index (χ1n) is 14.1. The fourth-order valence-electron chi connectivity index (χ4n) is 4.72. The summed E-state index contributed by atoms with van der Waals surface area (Å²) >= 11 is 0. The van der Waals surface area contributed by atoms with E-state index in [-0.39, 0.29) is 20.1 Å². The van der Waals surface area contributed by atoms with Gasteiger partial charge in [0.2, 0.25) is 12.7 Å². The molecular weight excluding hydrogens is 737 g/mol. The Morgan fingerprint density at radius 3 is 1.60 bits per heavy atom. The zero-order valence-electron chi connectivity index (χ0n) is 25.0. The van der Waals surface area contributed by atoms with E-state index in [0.717, 1.165) is 28.1 Å². The van der Waals surface area contributed by atoms with Crippen LogP contribution in [0.2, 0.25) is 0 Å². The first-order valence-corrected chi connectivity index (χ1v) is 14.1. The number of fused-ring (bicyclic) bond motifs is 2. The molecule has 0 saturated carbocycles. The minimum Gasteiger partial charge on any atom is -0.421 e. The second-order valence-corrected chi connectivity index (χ2v) is 9.86. The van der Waals surface area contributed by atoms with Gasteiger partial charge in [-0.15, -0.1) is 0 Å². The molecular formula is C36H29IrN8-3. The Morgan fingerprint density at radius 1 is 0.644 bits per heavy atom. The van der Waals surface area contributed by atoms with Crippen LogP contribution in [0, 0.1) is 31.7 Å². The monoisotopic (exact) mass is 766 g/mol. The second kappa shape index (κ2) is 14.5. The molecule has 0 amide bonds. The molecule has 0 fully saturated rings. The van der Waals surface area contributed by atoms with Crippen molar-refractivity contribution in [2.75, 3.05) is 0 Å². The molecule has 0 spiro atoms. The summed E-state index contributed by atoms with van der Waals surface area (Å²) in [7, 11) is 4.00. The molecule has 8 nitrogen and oxygen atoms in total. The smallest absolute Gasteiger partial charge is 0.242 e. The van der Waals surface area contributed by atoms with Crippen molar-refractivity contribution in [2.45, 2.75) is 6.92 Å². The maximum atomic E-state index is 4.10. The van der Waals surface area contributed by atoms with Crippen molar-refractivity contribution in [1.82, 2.24) is 29.3 Å². The summed E-state index contributed by atoms with van der Waals surface area (Å²) in [5.41, 5.74) is 7.41. The van der Waals surface area contributed by atoms with Crippen LogP contribution in [0.5, 0.6) is 0 Å². The van der Waals surface area contributed by atoms with E-state index in [0.29, 0.717) is 11.6 Å². The van der Waals surface area contributed by atoms with Crippen LogP contribution in [0.4, 0.5) is 0 Å². The van der Waals surface area contributed by atoms with Crippen molar-refractivity contribution in [3.8, 4) is 22.9 Å². The van der Waals surface area contributed by atoms with Gasteiger partial charge in [-0.25, -0.2) is 0 Å². The summed E-state index contributed by atoms with van der Waals surface area (Å²) < 4.78 is 8.04. The summed E-state index contributed by atoms with van der Waals surface area (Å²) in [6.07, 6.45) is 8.25. The number of hydrogen-bond acceptors (Lipinski definition) is 3. The standard InChI is InChI=1S/2C14H11N2.C8H7N4.Ir/c2*1-15-11-16(12-7-3-2-4-8-12)14-10-6-5-9-13(14)15;1-6-10-8(12-11-6)7-4-2-3-5-9-7;/h2*2-7,9-10H,1H3;2-5H,1H3;/q3*-1;. The largest absolute Gasteiger partial charge is 0.421 e. The Balaban J connectivity index is 0.000000134. The van der Waals surface area contributed by atoms with Gasteiger partial charge >= 0.3 is 0 Å². The minimum absolute atomic E-state index is 0. The first-order chi connectivity index (χ1) is 21.6. The van der Waals surface area contributed by atoms with Gasteiger partial charge in [0.25, 0.3) is 0 Å². The van der Waals surface area contributed by atoms with Gasteiger partial charge in [0.15, 0.2) is 0 Å². The van der Waals surface area contributed by atoms with Crippen molar-refractivity contribution in [3.05, 3.63) is 152 Å². The molecule has 1 radical (unpaired) electrons. The van der Waals surface area contributed by atoms with Crippen LogP contribution in [0.15, 0.2) is 121 Å². The molecule has 225 valence electrons. The summed E-state index contributed by atoms with van der Waals surface area (Å²) in [6.45, 7) is 1.80. The number of benzene rings is 4. The number of hydrogen-bond donors (Lipinski definition) is 0. The zero-order valence-corrected chi connectivity index (χ0v) is 27.4. The molecule has 4 aromatic carbocycles. The third-order valence-corrected chi connectivity index (χ3v) is 6.79. The molecule has 45 heavy (non-hydrogen) atoms. The summed E-state index contributed by atoms with van der Waals surface area (Å²) in [5, 5.41) is 7.65. The van der Waals surface area contributed by atoms with Gasteiger partial charge in [-0.3, -0.25) is 10.1 Å². The molecule has 8 rings (SSSR count). The average molecular weight is 766 g/mol. The molecule has 0 atom stereocenters. The van der Waals surface area contributed by atoms with Gasteiger partial charge in [-0.05, 0) is 24.9 Å². The Bertz CT molecular complexity index is 1980. The Morgan fingerprint density at radius 2 is 1.16 bits per heavy atom. The summed E-state index contributed by atoms with van der Waals surface area (Å²) in [4.78, 5) is 8.19. The number of pyridine rings is 1. The number of aromatic nitrogens is 8. The topological polar surface area (TPSA) is 70.4 Å². The molecule has 0 N–H and O–H groups in total. The van der Waals surface area contributed by atoms with Crippen LogP contribution in [0.1, 0.15) is 5.82 Å². The fourth-order valence-corrected chi connectivity index (χ4v) is 4.72. The van der Waals surface area contributed by atoms with Crippen LogP contribution in [0.3, 0.4) is 0 Å². The van der Waals surface area contributed by atoms with Gasteiger partial charge < -0.3 is 28.4 Å². The number of nitrogens with zero attached hydrogens (tertiary/aromatic N) is 8. The molecule has 0 bridgehead atoms. The predicted octanol–water partition coefficient (Wildman–Crippen LogP) is 4.91. The van der Waals surface area contributed by atoms with E-state index < -0.39 is 0 Å². The van der Waals surface area contributed by atoms with Crippen LogP contribution < -0.4 is 14.2 Å². The number of aryl methyl sites for hydroxylation is 3. The van der Waals surface area contributed by atoms with Crippen LogP contribution in [-0.4, -0.2) is 24.2 Å². The van der Waals surface area contributed by atoms with E-state index in [2.05, 4.69) is 69.2 Å². The van der Waals surface area contributed by atoms with Crippen molar-refractivity contribution >= 4 is 22.1 Å². The van der Waals surface area contributed by atoms with Crippen molar-refractivity contribution in [2.24, 2.45) is 14.1 Å². The van der Waals surface area contributed by atoms with Crippen LogP contribution >= 0.6 is 0 Å². The normalized spacial score (nSPS) is 10.4. The summed E-state index contributed by atoms with van der Waals surface area (Å²) in [6, 6.07) is 44.4. The van der Waals surface area contributed by atoms with Crippen molar-refractivity contribution < 1.29 is 29.2 Å². The molecule has 0 aliphatic rings. The molecule has 9 heteroatoms. The Kier molecular flexibility index (Phi) is 10.0. The van der Waals surface area contributed by atoms with E-state index in [1.165, 1.54) is 11.0 Å². The van der Waals surface area contributed by atoms with Gasteiger partial charge in [0, 0.05) is 32.1 Å². The minimum atomic E-state index is 0. The molecule has 4 heterocycles. The molecule has 0 unspecified atom stereocenters. The number of para-hydroxylation sites is 6.